The fourth-order valence-corrected chi connectivity index (χ4v) is 8.17. The lowest BCUT2D eigenvalue weighted by Crippen LogP contribution is -2.16. The molecule has 0 saturated carbocycles. The van der Waals surface area contributed by atoms with Crippen LogP contribution in [0.3, 0.4) is 0 Å². The first kappa shape index (κ1) is 43.4. The van der Waals surface area contributed by atoms with E-state index >= 15 is 0 Å². The first-order chi connectivity index (χ1) is 29.3. The predicted molar refractivity (Wildman–Crippen MR) is 236 cm³/mol. The van der Waals surface area contributed by atoms with Gasteiger partial charge in [-0.25, -0.2) is 9.97 Å². The van der Waals surface area contributed by atoms with Crippen LogP contribution in [-0.4, -0.2) is 43.2 Å². The second-order valence-corrected chi connectivity index (χ2v) is 18.0. The Morgan fingerprint density at radius 3 is 1.05 bits per heavy atom. The summed E-state index contributed by atoms with van der Waals surface area (Å²) in [4.78, 5) is 33.8. The number of non-ortho nitro benzene ring substituents is 2. The molecule has 0 fully saturated rings. The van der Waals surface area contributed by atoms with Crippen molar-refractivity contribution >= 4 is 11.4 Å². The monoisotopic (exact) mass is 842 g/mol. The molecular weight excluding hydrogens is 789 g/mol. The van der Waals surface area contributed by atoms with E-state index in [-0.39, 0.29) is 70.9 Å². The van der Waals surface area contributed by atoms with E-state index in [1.54, 1.807) is 50.9 Å². The highest BCUT2D eigenvalue weighted by atomic mass is 16.6. The molecule has 0 N–H and O–H groups in total. The lowest BCUT2D eigenvalue weighted by molar-refractivity contribution is -0.385. The molecule has 1 aliphatic rings. The van der Waals surface area contributed by atoms with E-state index < -0.39 is 0 Å². The van der Waals surface area contributed by atoms with Crippen LogP contribution < -0.4 is 18.9 Å². The Kier molecular flexibility index (Phi) is 11.9. The average Bonchev–Trinajstić information content (AvgIpc) is 3.81. The van der Waals surface area contributed by atoms with E-state index in [2.05, 4.69) is 75.8 Å². The van der Waals surface area contributed by atoms with E-state index in [1.807, 2.05) is 35.6 Å². The van der Waals surface area contributed by atoms with Gasteiger partial charge in [0, 0.05) is 111 Å². The first-order valence-electron chi connectivity index (χ1n) is 20.5. The van der Waals surface area contributed by atoms with E-state index in [9.17, 15) is 20.2 Å². The van der Waals surface area contributed by atoms with Crippen LogP contribution in [0.5, 0.6) is 23.0 Å². The third-order valence-corrected chi connectivity index (χ3v) is 11.6. The lowest BCUT2D eigenvalue weighted by Gasteiger charge is -2.27. The van der Waals surface area contributed by atoms with Gasteiger partial charge in [-0.15, -0.1) is 0 Å². The molecule has 324 valence electrons. The second kappa shape index (κ2) is 17.0. The standard InChI is InChI=1S/C48H54N6O8/c1-47(2,3)37-19-29-15-33-23-39(53(55)56)25-35(43(33)59-9)17-31-21-38(48(4,5)6)22-32(46(31)62-28-42-50-12-14-52(42)8)18-36-26-40(54(57)58)24-34(44(36)60-10)16-30(20-37)45(29)61-27-41-49-11-13-51(41)7/h11-14,19-26H,15-18,27-28H2,1-10H3. The molecule has 7 rings (SSSR count). The van der Waals surface area contributed by atoms with Crippen LogP contribution in [0.25, 0.3) is 0 Å². The van der Waals surface area contributed by atoms with Crippen LogP contribution in [-0.2, 0) is 63.8 Å². The third-order valence-electron chi connectivity index (χ3n) is 11.6. The summed E-state index contributed by atoms with van der Waals surface area (Å²) in [7, 11) is 6.95. The van der Waals surface area contributed by atoms with Crippen molar-refractivity contribution in [2.45, 2.75) is 91.3 Å². The summed E-state index contributed by atoms with van der Waals surface area (Å²) >= 11 is 0. The van der Waals surface area contributed by atoms with Crippen LogP contribution in [0.1, 0.15) is 109 Å². The molecule has 14 heteroatoms. The maximum Gasteiger partial charge on any atom is 0.270 e. The Morgan fingerprint density at radius 2 is 0.823 bits per heavy atom. The van der Waals surface area contributed by atoms with Gasteiger partial charge < -0.3 is 28.1 Å². The summed E-state index contributed by atoms with van der Waals surface area (Å²) in [5.41, 5.74) is 6.60. The minimum Gasteiger partial charge on any atom is -0.496 e. The van der Waals surface area contributed by atoms with Crippen LogP contribution in [0.15, 0.2) is 73.3 Å². The van der Waals surface area contributed by atoms with E-state index in [0.717, 1.165) is 33.4 Å². The Labute approximate surface area is 361 Å². The van der Waals surface area contributed by atoms with Gasteiger partial charge in [0.1, 0.15) is 47.9 Å². The maximum atomic E-state index is 12.8. The Hall–Kier alpha value is -6.70. The van der Waals surface area contributed by atoms with Gasteiger partial charge in [0.2, 0.25) is 0 Å². The number of nitro groups is 2. The molecule has 0 aliphatic heterocycles. The van der Waals surface area contributed by atoms with Crippen molar-refractivity contribution in [2.24, 2.45) is 14.1 Å². The van der Waals surface area contributed by atoms with Gasteiger partial charge in [-0.1, -0.05) is 65.8 Å². The highest BCUT2D eigenvalue weighted by Gasteiger charge is 2.29. The van der Waals surface area contributed by atoms with Crippen molar-refractivity contribution in [1.29, 1.82) is 0 Å². The SMILES string of the molecule is COc1c2cc([N+](=O)[O-])cc1Cc1cc(C(C)(C)C)cc(c1OCc1nccn1C)Cc1cc([N+](=O)[O-])cc(c1OC)Cc1cc(C(C)(C)C)cc(c1OCc1nccn1C)C2. The van der Waals surface area contributed by atoms with Gasteiger partial charge in [-0.2, -0.15) is 0 Å². The molecule has 0 radical (unpaired) electrons. The van der Waals surface area contributed by atoms with Crippen LogP contribution in [0, 0.1) is 20.2 Å². The maximum absolute atomic E-state index is 12.8. The Morgan fingerprint density at radius 1 is 0.532 bits per heavy atom. The van der Waals surface area contributed by atoms with E-state index in [0.29, 0.717) is 56.9 Å². The summed E-state index contributed by atoms with van der Waals surface area (Å²) in [6.07, 6.45) is 7.91. The molecule has 4 aromatic carbocycles. The summed E-state index contributed by atoms with van der Waals surface area (Å²) < 4.78 is 29.7. The van der Waals surface area contributed by atoms with Gasteiger partial charge in [-0.3, -0.25) is 20.2 Å². The number of benzene rings is 4. The molecule has 2 aromatic heterocycles. The number of nitrogens with zero attached hydrogens (tertiary/aromatic N) is 6. The fourth-order valence-electron chi connectivity index (χ4n) is 8.17. The number of aryl methyl sites for hydroxylation is 2. The molecule has 0 saturated heterocycles. The van der Waals surface area contributed by atoms with Gasteiger partial charge in [0.15, 0.2) is 0 Å². The topological polar surface area (TPSA) is 159 Å². The molecule has 0 unspecified atom stereocenters. The first-order valence-corrected chi connectivity index (χ1v) is 20.5. The molecule has 6 aromatic rings. The van der Waals surface area contributed by atoms with Gasteiger partial charge >= 0.3 is 0 Å². The number of imidazole rings is 2. The van der Waals surface area contributed by atoms with Crippen molar-refractivity contribution in [3.63, 3.8) is 0 Å². The van der Waals surface area contributed by atoms with Crippen molar-refractivity contribution in [3.05, 3.63) is 161 Å². The lowest BCUT2D eigenvalue weighted by atomic mass is 9.81. The Bertz CT molecular complexity index is 2400. The number of hydrogen-bond acceptors (Lipinski definition) is 10. The third kappa shape index (κ3) is 9.00. The normalized spacial score (nSPS) is 12.8. The van der Waals surface area contributed by atoms with Crippen LogP contribution in [0.2, 0.25) is 0 Å². The predicted octanol–water partition coefficient (Wildman–Crippen LogP) is 9.42. The zero-order valence-electron chi connectivity index (χ0n) is 37.1. The minimum absolute atomic E-state index is 0.0747. The van der Waals surface area contributed by atoms with Gasteiger partial charge in [0.05, 0.1) is 24.1 Å². The fraction of sp³-hybridized carbons (Fsp3) is 0.375. The molecule has 0 atom stereocenters. The second-order valence-electron chi connectivity index (χ2n) is 18.0. The average molecular weight is 843 g/mol. The molecule has 2 heterocycles. The molecule has 1 aliphatic carbocycles. The highest BCUT2D eigenvalue weighted by molar-refractivity contribution is 5.61. The highest BCUT2D eigenvalue weighted by Crippen LogP contribution is 2.44. The summed E-state index contributed by atoms with van der Waals surface area (Å²) in [6.45, 7) is 12.9. The van der Waals surface area contributed by atoms with Crippen molar-refractivity contribution < 1.29 is 28.8 Å². The summed E-state index contributed by atoms with van der Waals surface area (Å²) in [5.74, 6) is 3.49. The number of hydrogen-bond donors (Lipinski definition) is 0. The summed E-state index contributed by atoms with van der Waals surface area (Å²) in [5, 5.41) is 25.5. The van der Waals surface area contributed by atoms with Gasteiger partial charge in [0.25, 0.3) is 11.4 Å². The summed E-state index contributed by atoms with van der Waals surface area (Å²) in [6, 6.07) is 14.6. The molecule has 0 amide bonds. The zero-order chi connectivity index (χ0) is 44.7. The number of methoxy groups -OCH3 is 2. The quantitative estimate of drug-likeness (QED) is 0.0959. The largest absolute Gasteiger partial charge is 0.496 e. The van der Waals surface area contributed by atoms with Crippen LogP contribution >= 0.6 is 0 Å². The number of aromatic nitrogens is 4. The molecular formula is C48H54N6O8. The minimum atomic E-state index is -0.374. The number of rotatable bonds is 10. The molecule has 14 nitrogen and oxygen atoms in total. The number of ether oxygens (including phenoxy) is 4. The Balaban J connectivity index is 1.57. The number of fused-ring (bicyclic) bond motifs is 8. The van der Waals surface area contributed by atoms with Crippen molar-refractivity contribution in [2.75, 3.05) is 14.2 Å². The van der Waals surface area contributed by atoms with E-state index in [1.165, 1.54) is 0 Å². The zero-order valence-corrected chi connectivity index (χ0v) is 37.1. The number of nitro benzene ring substituents is 2. The van der Waals surface area contributed by atoms with Crippen molar-refractivity contribution in [3.8, 4) is 23.0 Å². The van der Waals surface area contributed by atoms with Crippen molar-refractivity contribution in [1.82, 2.24) is 19.1 Å². The van der Waals surface area contributed by atoms with Gasteiger partial charge in [-0.05, 0) is 44.2 Å². The molecule has 0 spiro atoms. The van der Waals surface area contributed by atoms with E-state index in [4.69, 9.17) is 18.9 Å². The van der Waals surface area contributed by atoms with Crippen LogP contribution in [0.4, 0.5) is 11.4 Å². The molecule has 8 bridgehead atoms. The molecule has 62 heavy (non-hydrogen) atoms. The smallest absolute Gasteiger partial charge is 0.270 e.